The van der Waals surface area contributed by atoms with Crippen molar-refractivity contribution < 1.29 is 4.74 Å². The molecule has 19 heavy (non-hydrogen) atoms. The van der Waals surface area contributed by atoms with Crippen molar-refractivity contribution in [2.75, 3.05) is 7.11 Å². The van der Waals surface area contributed by atoms with E-state index in [2.05, 4.69) is 39.0 Å². The van der Waals surface area contributed by atoms with Crippen LogP contribution in [0, 0.1) is 5.92 Å². The number of hydrogen-bond donors (Lipinski definition) is 0. The fourth-order valence-corrected chi connectivity index (χ4v) is 3.51. The maximum Gasteiger partial charge on any atom is 0.125 e. The van der Waals surface area contributed by atoms with Gasteiger partial charge in [0.25, 0.3) is 0 Å². The quantitative estimate of drug-likeness (QED) is 0.694. The summed E-state index contributed by atoms with van der Waals surface area (Å²) in [6.45, 7) is 6.87. The highest BCUT2D eigenvalue weighted by atomic mass is 16.5. The summed E-state index contributed by atoms with van der Waals surface area (Å²) in [5.41, 5.74) is 2.77. The van der Waals surface area contributed by atoms with E-state index in [9.17, 15) is 0 Å². The molecular weight excluding hydrogens is 232 g/mol. The van der Waals surface area contributed by atoms with Crippen LogP contribution < -0.4 is 4.74 Å². The molecule has 0 heterocycles. The van der Waals surface area contributed by atoms with Gasteiger partial charge in [0.05, 0.1) is 7.11 Å². The van der Waals surface area contributed by atoms with Gasteiger partial charge in [0.15, 0.2) is 0 Å². The van der Waals surface area contributed by atoms with Gasteiger partial charge in [-0.1, -0.05) is 58.2 Å². The summed E-state index contributed by atoms with van der Waals surface area (Å²) in [6.07, 6.45) is 7.00. The molecule has 0 radical (unpaired) electrons. The molecule has 0 spiro atoms. The number of hydrogen-bond acceptors (Lipinski definition) is 1. The van der Waals surface area contributed by atoms with E-state index in [1.54, 1.807) is 0 Å². The molecule has 0 saturated heterocycles. The van der Waals surface area contributed by atoms with Crippen molar-refractivity contribution in [3.05, 3.63) is 29.3 Å². The minimum Gasteiger partial charge on any atom is -0.496 e. The zero-order valence-corrected chi connectivity index (χ0v) is 12.9. The van der Waals surface area contributed by atoms with Crippen LogP contribution in [0.1, 0.15) is 75.8 Å². The van der Waals surface area contributed by atoms with E-state index in [1.807, 2.05) is 7.11 Å². The molecule has 0 amide bonds. The topological polar surface area (TPSA) is 9.23 Å². The molecule has 106 valence electrons. The summed E-state index contributed by atoms with van der Waals surface area (Å²) in [4.78, 5) is 0. The molecule has 1 aromatic carbocycles. The summed E-state index contributed by atoms with van der Waals surface area (Å²) in [5, 5.41) is 0. The number of rotatable bonds is 4. The Morgan fingerprint density at radius 2 is 1.63 bits per heavy atom. The predicted octanol–water partition coefficient (Wildman–Crippen LogP) is 5.50. The van der Waals surface area contributed by atoms with Gasteiger partial charge < -0.3 is 4.74 Å². The van der Waals surface area contributed by atoms with Gasteiger partial charge in [-0.15, -0.1) is 0 Å². The predicted molar refractivity (Wildman–Crippen MR) is 82.1 cm³/mol. The van der Waals surface area contributed by atoms with E-state index in [0.717, 1.165) is 11.7 Å². The Bertz CT molecular complexity index is 402. The zero-order chi connectivity index (χ0) is 13.8. The van der Waals surface area contributed by atoms with E-state index in [4.69, 9.17) is 4.74 Å². The maximum atomic E-state index is 5.75. The number of benzene rings is 1. The van der Waals surface area contributed by atoms with Crippen LogP contribution in [0.25, 0.3) is 0 Å². The van der Waals surface area contributed by atoms with Crippen molar-refractivity contribution in [2.45, 2.75) is 64.7 Å². The van der Waals surface area contributed by atoms with Crippen LogP contribution in [0.5, 0.6) is 5.75 Å². The molecule has 1 unspecified atom stereocenters. The van der Waals surface area contributed by atoms with Gasteiger partial charge in [0.1, 0.15) is 5.75 Å². The average molecular weight is 260 g/mol. The summed E-state index contributed by atoms with van der Waals surface area (Å²) in [6, 6.07) is 6.68. The lowest BCUT2D eigenvalue weighted by molar-refractivity contribution is 0.308. The molecule has 0 aliphatic heterocycles. The van der Waals surface area contributed by atoms with Gasteiger partial charge in [-0.25, -0.2) is 0 Å². The van der Waals surface area contributed by atoms with Gasteiger partial charge in [-0.3, -0.25) is 0 Å². The first-order valence-corrected chi connectivity index (χ1v) is 7.82. The molecule has 1 atom stereocenters. The lowest BCUT2D eigenvalue weighted by Crippen LogP contribution is -2.15. The zero-order valence-electron chi connectivity index (χ0n) is 12.9. The van der Waals surface area contributed by atoms with Crippen molar-refractivity contribution in [2.24, 2.45) is 5.92 Å². The van der Waals surface area contributed by atoms with E-state index < -0.39 is 0 Å². The van der Waals surface area contributed by atoms with Crippen molar-refractivity contribution in [1.82, 2.24) is 0 Å². The highest BCUT2D eigenvalue weighted by molar-refractivity contribution is 5.45. The summed E-state index contributed by atoms with van der Waals surface area (Å²) >= 11 is 0. The molecule has 0 bridgehead atoms. The van der Waals surface area contributed by atoms with Crippen LogP contribution in [0.15, 0.2) is 18.2 Å². The van der Waals surface area contributed by atoms with Crippen LogP contribution in [-0.2, 0) is 0 Å². The van der Waals surface area contributed by atoms with Gasteiger partial charge in [-0.05, 0) is 41.7 Å². The normalized spacial score (nSPS) is 18.6. The second-order valence-electron chi connectivity index (χ2n) is 6.31. The van der Waals surface area contributed by atoms with Crippen LogP contribution in [0.4, 0.5) is 0 Å². The van der Waals surface area contributed by atoms with Crippen LogP contribution in [0.3, 0.4) is 0 Å². The average Bonchev–Trinajstić information content (AvgIpc) is 2.46. The first-order chi connectivity index (χ1) is 9.15. The van der Waals surface area contributed by atoms with Crippen molar-refractivity contribution >= 4 is 0 Å². The molecule has 2 rings (SSSR count). The standard InChI is InChI=1S/C18H28O/c1-13(2)16-11-8-12-17(18(16)19-4)14(3)15-9-6-5-7-10-15/h8,11-15H,5-7,9-10H2,1-4H3. The van der Waals surface area contributed by atoms with Crippen LogP contribution in [-0.4, -0.2) is 7.11 Å². The minimum atomic E-state index is 0.522. The van der Waals surface area contributed by atoms with Crippen LogP contribution in [0.2, 0.25) is 0 Å². The highest BCUT2D eigenvalue weighted by Gasteiger charge is 2.25. The third-order valence-electron chi connectivity index (χ3n) is 4.75. The second kappa shape index (κ2) is 6.45. The Hall–Kier alpha value is -0.980. The summed E-state index contributed by atoms with van der Waals surface area (Å²) in [7, 11) is 1.82. The largest absolute Gasteiger partial charge is 0.496 e. The third-order valence-corrected chi connectivity index (χ3v) is 4.75. The fourth-order valence-electron chi connectivity index (χ4n) is 3.51. The Morgan fingerprint density at radius 1 is 1.00 bits per heavy atom. The van der Waals surface area contributed by atoms with Gasteiger partial charge in [0, 0.05) is 0 Å². The Labute approximate surface area is 118 Å². The van der Waals surface area contributed by atoms with E-state index >= 15 is 0 Å². The summed E-state index contributed by atoms with van der Waals surface area (Å²) < 4.78 is 5.75. The SMILES string of the molecule is COc1c(C(C)C)cccc1C(C)C1CCCCC1. The van der Waals surface area contributed by atoms with Gasteiger partial charge in [0.2, 0.25) is 0 Å². The molecule has 0 N–H and O–H groups in total. The number of ether oxygens (including phenoxy) is 1. The van der Waals surface area contributed by atoms with Crippen LogP contribution >= 0.6 is 0 Å². The third kappa shape index (κ3) is 3.13. The highest BCUT2D eigenvalue weighted by Crippen LogP contribution is 2.41. The number of methoxy groups -OCH3 is 1. The van der Waals surface area contributed by atoms with E-state index in [0.29, 0.717) is 11.8 Å². The monoisotopic (exact) mass is 260 g/mol. The van der Waals surface area contributed by atoms with Crippen molar-refractivity contribution in [3.63, 3.8) is 0 Å². The minimum absolute atomic E-state index is 0.522. The molecule has 1 aromatic rings. The Morgan fingerprint density at radius 3 is 2.21 bits per heavy atom. The molecule has 1 nitrogen and oxygen atoms in total. The summed E-state index contributed by atoms with van der Waals surface area (Å²) in [5.74, 6) is 3.11. The lowest BCUT2D eigenvalue weighted by atomic mass is 9.77. The van der Waals surface area contributed by atoms with Gasteiger partial charge >= 0.3 is 0 Å². The smallest absolute Gasteiger partial charge is 0.125 e. The Kier molecular flexibility index (Phi) is 4.90. The fraction of sp³-hybridized carbons (Fsp3) is 0.667. The molecule has 1 aliphatic rings. The molecular formula is C18H28O. The second-order valence-corrected chi connectivity index (χ2v) is 6.31. The van der Waals surface area contributed by atoms with Crippen molar-refractivity contribution in [3.8, 4) is 5.75 Å². The molecule has 1 aliphatic carbocycles. The molecule has 1 heteroatoms. The molecule has 1 fully saturated rings. The first-order valence-electron chi connectivity index (χ1n) is 7.82. The Balaban J connectivity index is 2.29. The van der Waals surface area contributed by atoms with E-state index in [-0.39, 0.29) is 0 Å². The molecule has 0 aromatic heterocycles. The van der Waals surface area contributed by atoms with E-state index in [1.165, 1.54) is 43.2 Å². The van der Waals surface area contributed by atoms with Crippen molar-refractivity contribution in [1.29, 1.82) is 0 Å². The number of para-hydroxylation sites is 1. The molecule has 1 saturated carbocycles. The first kappa shape index (κ1) is 14.4. The van der Waals surface area contributed by atoms with Gasteiger partial charge in [-0.2, -0.15) is 0 Å². The lowest BCUT2D eigenvalue weighted by Gasteiger charge is -2.29. The maximum absolute atomic E-state index is 5.75.